The first-order valence-corrected chi connectivity index (χ1v) is 11.7. The molecule has 0 heteroatoms. The van der Waals surface area contributed by atoms with Crippen molar-refractivity contribution in [3.8, 4) is 0 Å². The second-order valence-corrected chi connectivity index (χ2v) is 8.60. The molecule has 0 aliphatic heterocycles. The van der Waals surface area contributed by atoms with Crippen LogP contribution in [0.1, 0.15) is 114 Å². The third-order valence-corrected chi connectivity index (χ3v) is 6.20. The maximum Gasteiger partial charge on any atom is -0.0147 e. The van der Waals surface area contributed by atoms with Crippen LogP contribution in [0.4, 0.5) is 0 Å². The minimum atomic E-state index is 0.665. The first-order chi connectivity index (χ1) is 13.2. The SMILES string of the molecule is CCCCCCCCCCCCCCC(C)c1cccc2c(C)cccc12. The van der Waals surface area contributed by atoms with E-state index in [1.807, 2.05) is 0 Å². The number of unbranched alkanes of at least 4 members (excludes halogenated alkanes) is 11. The Morgan fingerprint density at radius 3 is 1.78 bits per heavy atom. The molecular formula is C27H42. The van der Waals surface area contributed by atoms with Crippen LogP contribution < -0.4 is 0 Å². The summed E-state index contributed by atoms with van der Waals surface area (Å²) in [5.74, 6) is 0.665. The number of fused-ring (bicyclic) bond motifs is 1. The van der Waals surface area contributed by atoms with E-state index in [2.05, 4.69) is 57.2 Å². The van der Waals surface area contributed by atoms with E-state index in [9.17, 15) is 0 Å². The number of hydrogen-bond donors (Lipinski definition) is 0. The van der Waals surface area contributed by atoms with Gasteiger partial charge < -0.3 is 0 Å². The van der Waals surface area contributed by atoms with Crippen LogP contribution in [0.25, 0.3) is 10.8 Å². The molecule has 0 amide bonds. The van der Waals surface area contributed by atoms with E-state index in [-0.39, 0.29) is 0 Å². The van der Waals surface area contributed by atoms with Crippen molar-refractivity contribution in [2.75, 3.05) is 0 Å². The molecule has 0 saturated heterocycles. The summed E-state index contributed by atoms with van der Waals surface area (Å²) in [7, 11) is 0. The Labute approximate surface area is 168 Å². The minimum Gasteiger partial charge on any atom is -0.0654 e. The molecule has 1 unspecified atom stereocenters. The second-order valence-electron chi connectivity index (χ2n) is 8.60. The number of aryl methyl sites for hydroxylation is 1. The van der Waals surface area contributed by atoms with Gasteiger partial charge in [0.1, 0.15) is 0 Å². The maximum atomic E-state index is 2.41. The summed E-state index contributed by atoms with van der Waals surface area (Å²) in [5.41, 5.74) is 2.94. The average molecular weight is 367 g/mol. The van der Waals surface area contributed by atoms with Crippen LogP contribution >= 0.6 is 0 Å². The lowest BCUT2D eigenvalue weighted by molar-refractivity contribution is 0.529. The van der Waals surface area contributed by atoms with E-state index in [4.69, 9.17) is 0 Å². The summed E-state index contributed by atoms with van der Waals surface area (Å²) < 4.78 is 0. The van der Waals surface area contributed by atoms with Gasteiger partial charge in [-0.1, -0.05) is 127 Å². The van der Waals surface area contributed by atoms with Crippen molar-refractivity contribution in [3.63, 3.8) is 0 Å². The highest BCUT2D eigenvalue weighted by Gasteiger charge is 2.09. The van der Waals surface area contributed by atoms with E-state index in [0.717, 1.165) is 0 Å². The van der Waals surface area contributed by atoms with Crippen LogP contribution in [0.2, 0.25) is 0 Å². The topological polar surface area (TPSA) is 0 Å². The molecule has 0 bridgehead atoms. The van der Waals surface area contributed by atoms with Crippen molar-refractivity contribution < 1.29 is 0 Å². The van der Waals surface area contributed by atoms with Gasteiger partial charge in [-0.15, -0.1) is 0 Å². The molecule has 0 aliphatic carbocycles. The Hall–Kier alpha value is -1.30. The van der Waals surface area contributed by atoms with E-state index < -0.39 is 0 Å². The van der Waals surface area contributed by atoms with Crippen LogP contribution in [0.3, 0.4) is 0 Å². The lowest BCUT2D eigenvalue weighted by Crippen LogP contribution is -1.96. The zero-order valence-electron chi connectivity index (χ0n) is 18.2. The highest BCUT2D eigenvalue weighted by Crippen LogP contribution is 2.30. The standard InChI is InChI=1S/C27H42/c1-4-5-6-7-8-9-10-11-12-13-14-15-18-23(2)25-20-17-21-26-24(3)19-16-22-27(25)26/h16-17,19-23H,4-15,18H2,1-3H3. The van der Waals surface area contributed by atoms with Gasteiger partial charge in [-0.3, -0.25) is 0 Å². The summed E-state index contributed by atoms with van der Waals surface area (Å²) in [6.07, 6.45) is 18.5. The minimum absolute atomic E-state index is 0.665. The summed E-state index contributed by atoms with van der Waals surface area (Å²) in [5, 5.41) is 2.89. The molecular weight excluding hydrogens is 324 g/mol. The van der Waals surface area contributed by atoms with Crippen molar-refractivity contribution in [3.05, 3.63) is 47.5 Å². The number of rotatable bonds is 14. The molecule has 0 saturated carbocycles. The predicted octanol–water partition coefficient (Wildman–Crippen LogP) is 9.34. The van der Waals surface area contributed by atoms with Crippen molar-refractivity contribution in [2.24, 2.45) is 0 Å². The van der Waals surface area contributed by atoms with Gasteiger partial charge in [-0.05, 0) is 41.2 Å². The first kappa shape index (κ1) is 22.0. The molecule has 1 atom stereocenters. The molecule has 0 aliphatic rings. The van der Waals surface area contributed by atoms with Crippen molar-refractivity contribution in [1.29, 1.82) is 0 Å². The predicted molar refractivity (Wildman–Crippen MR) is 123 cm³/mol. The van der Waals surface area contributed by atoms with Crippen LogP contribution in [0.15, 0.2) is 36.4 Å². The largest absolute Gasteiger partial charge is 0.0654 e. The number of hydrogen-bond acceptors (Lipinski definition) is 0. The van der Waals surface area contributed by atoms with E-state index in [1.165, 1.54) is 99.8 Å². The third kappa shape index (κ3) is 7.68. The normalized spacial score (nSPS) is 12.6. The smallest absolute Gasteiger partial charge is 0.0147 e. The Balaban J connectivity index is 1.58. The molecule has 2 aromatic rings. The summed E-state index contributed by atoms with van der Waals surface area (Å²) in [6, 6.07) is 13.6. The van der Waals surface area contributed by atoms with E-state index in [0.29, 0.717) is 5.92 Å². The van der Waals surface area contributed by atoms with Crippen LogP contribution in [-0.2, 0) is 0 Å². The summed E-state index contributed by atoms with van der Waals surface area (Å²) >= 11 is 0. The van der Waals surface area contributed by atoms with Gasteiger partial charge in [0.25, 0.3) is 0 Å². The van der Waals surface area contributed by atoms with Crippen LogP contribution in [-0.4, -0.2) is 0 Å². The monoisotopic (exact) mass is 366 g/mol. The van der Waals surface area contributed by atoms with Crippen molar-refractivity contribution in [2.45, 2.75) is 110 Å². The van der Waals surface area contributed by atoms with E-state index >= 15 is 0 Å². The molecule has 150 valence electrons. The van der Waals surface area contributed by atoms with Gasteiger partial charge in [-0.2, -0.15) is 0 Å². The zero-order valence-corrected chi connectivity index (χ0v) is 18.2. The molecule has 0 heterocycles. The molecule has 2 rings (SSSR count). The highest BCUT2D eigenvalue weighted by atomic mass is 14.1. The quantitative estimate of drug-likeness (QED) is 0.292. The fourth-order valence-corrected chi connectivity index (χ4v) is 4.37. The molecule has 0 radical (unpaired) electrons. The molecule has 2 aromatic carbocycles. The Morgan fingerprint density at radius 1 is 0.630 bits per heavy atom. The van der Waals surface area contributed by atoms with Crippen molar-refractivity contribution >= 4 is 10.8 Å². The van der Waals surface area contributed by atoms with Gasteiger partial charge in [-0.25, -0.2) is 0 Å². The van der Waals surface area contributed by atoms with Gasteiger partial charge >= 0.3 is 0 Å². The van der Waals surface area contributed by atoms with Crippen molar-refractivity contribution in [1.82, 2.24) is 0 Å². The fraction of sp³-hybridized carbons (Fsp3) is 0.630. The molecule has 0 aromatic heterocycles. The average Bonchev–Trinajstić information content (AvgIpc) is 2.68. The Kier molecular flexibility index (Phi) is 10.6. The maximum absolute atomic E-state index is 2.41. The Morgan fingerprint density at radius 2 is 1.15 bits per heavy atom. The second kappa shape index (κ2) is 13.0. The van der Waals surface area contributed by atoms with Gasteiger partial charge in [0.05, 0.1) is 0 Å². The third-order valence-electron chi connectivity index (χ3n) is 6.20. The molecule has 0 spiro atoms. The van der Waals surface area contributed by atoms with E-state index in [1.54, 1.807) is 5.56 Å². The first-order valence-electron chi connectivity index (χ1n) is 11.7. The highest BCUT2D eigenvalue weighted by molar-refractivity contribution is 5.88. The Bertz CT molecular complexity index is 640. The van der Waals surface area contributed by atoms with Gasteiger partial charge in [0.2, 0.25) is 0 Å². The fourth-order valence-electron chi connectivity index (χ4n) is 4.37. The molecule has 0 N–H and O–H groups in total. The molecule has 0 nitrogen and oxygen atoms in total. The number of benzene rings is 2. The molecule has 27 heavy (non-hydrogen) atoms. The van der Waals surface area contributed by atoms with Crippen LogP contribution in [0, 0.1) is 6.92 Å². The molecule has 0 fully saturated rings. The lowest BCUT2D eigenvalue weighted by Gasteiger charge is -2.15. The summed E-state index contributed by atoms with van der Waals surface area (Å²) in [4.78, 5) is 0. The lowest BCUT2D eigenvalue weighted by atomic mass is 9.89. The van der Waals surface area contributed by atoms with Crippen LogP contribution in [0.5, 0.6) is 0 Å². The zero-order chi connectivity index (χ0) is 19.3. The summed E-state index contributed by atoms with van der Waals surface area (Å²) in [6.45, 7) is 6.93. The van der Waals surface area contributed by atoms with Gasteiger partial charge in [0.15, 0.2) is 0 Å². The van der Waals surface area contributed by atoms with Gasteiger partial charge in [0, 0.05) is 0 Å².